The molecule has 2 aromatic rings. The minimum atomic E-state index is -0.222. The summed E-state index contributed by atoms with van der Waals surface area (Å²) in [6, 6.07) is 11.3. The van der Waals surface area contributed by atoms with Crippen LogP contribution in [0, 0.1) is 5.82 Å². The summed E-state index contributed by atoms with van der Waals surface area (Å²) in [5.41, 5.74) is 10.3. The van der Waals surface area contributed by atoms with Crippen LogP contribution in [0.15, 0.2) is 40.9 Å². The Labute approximate surface area is 126 Å². The van der Waals surface area contributed by atoms with Crippen molar-refractivity contribution in [2.75, 3.05) is 17.2 Å². The van der Waals surface area contributed by atoms with Gasteiger partial charge in [0.25, 0.3) is 0 Å². The van der Waals surface area contributed by atoms with Gasteiger partial charge in [-0.15, -0.1) is 0 Å². The second kappa shape index (κ2) is 5.44. The quantitative estimate of drug-likeness (QED) is 0.837. The van der Waals surface area contributed by atoms with E-state index in [9.17, 15) is 4.39 Å². The number of aryl methyl sites for hydroxylation is 1. The maximum Gasteiger partial charge on any atom is 0.137 e. The molecule has 0 aliphatic carbocycles. The molecule has 1 aliphatic heterocycles. The van der Waals surface area contributed by atoms with Crippen LogP contribution in [0.3, 0.4) is 0 Å². The van der Waals surface area contributed by atoms with E-state index >= 15 is 0 Å². The molecule has 4 heteroatoms. The van der Waals surface area contributed by atoms with Crippen LogP contribution in [0.25, 0.3) is 0 Å². The number of halogens is 2. The van der Waals surface area contributed by atoms with E-state index in [0.29, 0.717) is 4.47 Å². The fraction of sp³-hybridized carbons (Fsp3) is 0.250. The van der Waals surface area contributed by atoms with Crippen molar-refractivity contribution in [3.05, 3.63) is 57.8 Å². The lowest BCUT2D eigenvalue weighted by atomic mass is 10.0. The van der Waals surface area contributed by atoms with Gasteiger partial charge in [0.05, 0.1) is 4.47 Å². The van der Waals surface area contributed by atoms with Crippen LogP contribution in [0.1, 0.15) is 17.5 Å². The Hall–Kier alpha value is -1.55. The molecule has 0 aromatic heterocycles. The first-order valence-electron chi connectivity index (χ1n) is 6.71. The molecule has 1 heterocycles. The lowest BCUT2D eigenvalue weighted by molar-refractivity contribution is 0.619. The number of benzene rings is 2. The van der Waals surface area contributed by atoms with Gasteiger partial charge in [0.2, 0.25) is 0 Å². The zero-order chi connectivity index (χ0) is 14.1. The monoisotopic (exact) mass is 334 g/mol. The maximum absolute atomic E-state index is 13.3. The van der Waals surface area contributed by atoms with Crippen molar-refractivity contribution in [2.24, 2.45) is 0 Å². The summed E-state index contributed by atoms with van der Waals surface area (Å²) in [6.45, 7) is 1.81. The molecule has 104 valence electrons. The summed E-state index contributed by atoms with van der Waals surface area (Å²) in [6.07, 6.45) is 2.20. The molecule has 0 unspecified atom stereocenters. The van der Waals surface area contributed by atoms with Gasteiger partial charge in [0, 0.05) is 24.5 Å². The van der Waals surface area contributed by atoms with Gasteiger partial charge in [-0.25, -0.2) is 4.39 Å². The van der Waals surface area contributed by atoms with Crippen LogP contribution in [-0.2, 0) is 13.0 Å². The molecule has 2 aromatic carbocycles. The summed E-state index contributed by atoms with van der Waals surface area (Å²) in [5.74, 6) is -0.222. The molecule has 0 atom stereocenters. The van der Waals surface area contributed by atoms with Crippen molar-refractivity contribution in [3.63, 3.8) is 0 Å². The first-order chi connectivity index (χ1) is 9.63. The molecule has 0 saturated heterocycles. The van der Waals surface area contributed by atoms with Crippen molar-refractivity contribution >= 4 is 27.3 Å². The van der Waals surface area contributed by atoms with Gasteiger partial charge in [-0.3, -0.25) is 0 Å². The van der Waals surface area contributed by atoms with E-state index in [-0.39, 0.29) is 5.82 Å². The number of anilines is 2. The van der Waals surface area contributed by atoms with E-state index in [0.717, 1.165) is 37.2 Å². The van der Waals surface area contributed by atoms with Gasteiger partial charge in [-0.2, -0.15) is 0 Å². The average Bonchev–Trinajstić information content (AvgIpc) is 2.43. The molecule has 1 aliphatic rings. The average molecular weight is 335 g/mol. The van der Waals surface area contributed by atoms with Crippen molar-refractivity contribution in [1.82, 2.24) is 0 Å². The molecule has 0 radical (unpaired) electrons. The van der Waals surface area contributed by atoms with Gasteiger partial charge in [0.15, 0.2) is 0 Å². The molecule has 2 N–H and O–H groups in total. The van der Waals surface area contributed by atoms with E-state index in [1.54, 1.807) is 0 Å². The minimum Gasteiger partial charge on any atom is -0.399 e. The first kappa shape index (κ1) is 13.4. The van der Waals surface area contributed by atoms with E-state index in [1.165, 1.54) is 17.3 Å². The Morgan fingerprint density at radius 2 is 2.05 bits per heavy atom. The van der Waals surface area contributed by atoms with Crippen molar-refractivity contribution in [3.8, 4) is 0 Å². The summed E-state index contributed by atoms with van der Waals surface area (Å²) in [4.78, 5) is 2.33. The molecular formula is C16H16BrFN2. The lowest BCUT2D eigenvalue weighted by Crippen LogP contribution is -2.28. The van der Waals surface area contributed by atoms with Crippen LogP contribution in [0.4, 0.5) is 15.8 Å². The maximum atomic E-state index is 13.3. The molecule has 0 bridgehead atoms. The summed E-state index contributed by atoms with van der Waals surface area (Å²) in [7, 11) is 0. The van der Waals surface area contributed by atoms with Gasteiger partial charge in [-0.05, 0) is 70.2 Å². The largest absolute Gasteiger partial charge is 0.399 e. The van der Waals surface area contributed by atoms with Gasteiger partial charge < -0.3 is 10.6 Å². The van der Waals surface area contributed by atoms with Crippen LogP contribution in [-0.4, -0.2) is 6.54 Å². The number of hydrogen-bond donors (Lipinski definition) is 1. The zero-order valence-corrected chi connectivity index (χ0v) is 12.7. The van der Waals surface area contributed by atoms with Crippen LogP contribution in [0.2, 0.25) is 0 Å². The Morgan fingerprint density at radius 1 is 1.20 bits per heavy atom. The van der Waals surface area contributed by atoms with Crippen molar-refractivity contribution in [1.29, 1.82) is 0 Å². The smallest absolute Gasteiger partial charge is 0.137 e. The number of nitrogens with two attached hydrogens (primary N) is 1. The van der Waals surface area contributed by atoms with Gasteiger partial charge >= 0.3 is 0 Å². The fourth-order valence-electron chi connectivity index (χ4n) is 2.72. The topological polar surface area (TPSA) is 29.3 Å². The van der Waals surface area contributed by atoms with Gasteiger partial charge in [0.1, 0.15) is 5.82 Å². The number of fused-ring (bicyclic) bond motifs is 1. The predicted octanol–water partition coefficient (Wildman–Crippen LogP) is 4.12. The van der Waals surface area contributed by atoms with Crippen LogP contribution >= 0.6 is 15.9 Å². The molecule has 0 amide bonds. The van der Waals surface area contributed by atoms with Crippen LogP contribution < -0.4 is 10.6 Å². The normalized spacial score (nSPS) is 14.2. The van der Waals surface area contributed by atoms with E-state index in [2.05, 4.69) is 33.0 Å². The first-order valence-corrected chi connectivity index (χ1v) is 7.50. The molecular weight excluding hydrogens is 319 g/mol. The second-order valence-electron chi connectivity index (χ2n) is 5.16. The van der Waals surface area contributed by atoms with Crippen molar-refractivity contribution < 1.29 is 4.39 Å². The van der Waals surface area contributed by atoms with E-state index in [1.807, 2.05) is 18.2 Å². The molecule has 0 fully saturated rings. The number of nitrogen functional groups attached to an aromatic ring is 1. The number of nitrogens with zero attached hydrogens (tertiary/aromatic N) is 1. The highest BCUT2D eigenvalue weighted by molar-refractivity contribution is 9.10. The summed E-state index contributed by atoms with van der Waals surface area (Å²) < 4.78 is 13.8. The standard InChI is InChI=1S/C16H16BrFN2/c17-14-8-11(3-5-15(14)18)10-20-7-1-2-12-9-13(19)4-6-16(12)20/h3-6,8-9H,1-2,7,10,19H2. The highest BCUT2D eigenvalue weighted by Crippen LogP contribution is 2.30. The summed E-state index contributed by atoms with van der Waals surface area (Å²) >= 11 is 3.24. The Balaban J connectivity index is 1.87. The zero-order valence-electron chi connectivity index (χ0n) is 11.1. The third-order valence-corrected chi connectivity index (χ3v) is 4.28. The Bertz CT molecular complexity index is 642. The minimum absolute atomic E-state index is 0.222. The van der Waals surface area contributed by atoms with Gasteiger partial charge in [-0.1, -0.05) is 6.07 Å². The van der Waals surface area contributed by atoms with E-state index in [4.69, 9.17) is 5.73 Å². The SMILES string of the molecule is Nc1ccc2c(c1)CCCN2Cc1ccc(F)c(Br)c1. The fourth-order valence-corrected chi connectivity index (χ4v) is 3.14. The molecule has 0 spiro atoms. The third-order valence-electron chi connectivity index (χ3n) is 3.68. The lowest BCUT2D eigenvalue weighted by Gasteiger charge is -2.31. The third kappa shape index (κ3) is 2.66. The predicted molar refractivity (Wildman–Crippen MR) is 84.3 cm³/mol. The molecule has 2 nitrogen and oxygen atoms in total. The van der Waals surface area contributed by atoms with E-state index < -0.39 is 0 Å². The number of rotatable bonds is 2. The number of hydrogen-bond acceptors (Lipinski definition) is 2. The second-order valence-corrected chi connectivity index (χ2v) is 6.02. The summed E-state index contributed by atoms with van der Waals surface area (Å²) in [5, 5.41) is 0. The molecule has 20 heavy (non-hydrogen) atoms. The molecule has 0 saturated carbocycles. The Morgan fingerprint density at radius 3 is 2.85 bits per heavy atom. The van der Waals surface area contributed by atoms with Crippen molar-refractivity contribution in [2.45, 2.75) is 19.4 Å². The van der Waals surface area contributed by atoms with Crippen LogP contribution in [0.5, 0.6) is 0 Å². The highest BCUT2D eigenvalue weighted by Gasteiger charge is 2.17. The Kier molecular flexibility index (Phi) is 3.66. The molecule has 3 rings (SSSR count). The highest BCUT2D eigenvalue weighted by atomic mass is 79.9.